The fraction of sp³-hybridized carbons (Fsp3) is 0.647. The molecule has 0 saturated heterocycles. The van der Waals surface area contributed by atoms with Crippen molar-refractivity contribution in [1.29, 1.82) is 0 Å². The molecule has 1 aliphatic carbocycles. The second-order valence-electron chi connectivity index (χ2n) is 6.29. The highest BCUT2D eigenvalue weighted by atomic mass is 16.5. The van der Waals surface area contributed by atoms with E-state index in [2.05, 4.69) is 19.1 Å². The van der Waals surface area contributed by atoms with Crippen molar-refractivity contribution < 1.29 is 4.74 Å². The number of hydrogen-bond donors (Lipinski definition) is 1. The number of benzene rings is 1. The first-order valence-corrected chi connectivity index (χ1v) is 7.58. The fourth-order valence-electron chi connectivity index (χ4n) is 3.12. The van der Waals surface area contributed by atoms with Crippen LogP contribution < -0.4 is 10.5 Å². The zero-order valence-corrected chi connectivity index (χ0v) is 12.4. The van der Waals surface area contributed by atoms with E-state index in [0.29, 0.717) is 5.92 Å². The molecule has 3 unspecified atom stereocenters. The summed E-state index contributed by atoms with van der Waals surface area (Å²) in [5, 5.41) is 0. The third kappa shape index (κ3) is 3.97. The monoisotopic (exact) mass is 261 g/mol. The Morgan fingerprint density at radius 2 is 1.84 bits per heavy atom. The average molecular weight is 261 g/mol. The molecule has 2 N–H and O–H groups in total. The molecule has 0 heterocycles. The molecule has 1 saturated carbocycles. The normalized spacial score (nSPS) is 25.3. The van der Waals surface area contributed by atoms with Crippen molar-refractivity contribution in [3.63, 3.8) is 0 Å². The minimum absolute atomic E-state index is 0.177. The van der Waals surface area contributed by atoms with Crippen LogP contribution in [0.4, 0.5) is 0 Å². The van der Waals surface area contributed by atoms with Crippen LogP contribution in [-0.4, -0.2) is 6.10 Å². The van der Waals surface area contributed by atoms with Gasteiger partial charge in [-0.15, -0.1) is 0 Å². The van der Waals surface area contributed by atoms with Crippen LogP contribution in [0, 0.1) is 11.8 Å². The second kappa shape index (κ2) is 6.42. The van der Waals surface area contributed by atoms with Crippen LogP contribution in [0.25, 0.3) is 0 Å². The Labute approximate surface area is 117 Å². The predicted octanol–water partition coefficient (Wildman–Crippen LogP) is 4.30. The van der Waals surface area contributed by atoms with Gasteiger partial charge >= 0.3 is 0 Å². The molecule has 2 nitrogen and oxygen atoms in total. The van der Waals surface area contributed by atoms with Gasteiger partial charge in [0.15, 0.2) is 0 Å². The molecule has 0 bridgehead atoms. The first-order chi connectivity index (χ1) is 9.06. The largest absolute Gasteiger partial charge is 0.491 e. The third-order valence-electron chi connectivity index (χ3n) is 4.12. The predicted molar refractivity (Wildman–Crippen MR) is 80.3 cm³/mol. The van der Waals surface area contributed by atoms with Gasteiger partial charge in [0.25, 0.3) is 0 Å². The maximum Gasteiger partial charge on any atom is 0.119 e. The van der Waals surface area contributed by atoms with Crippen molar-refractivity contribution in [2.75, 3.05) is 0 Å². The lowest BCUT2D eigenvalue weighted by molar-refractivity contribution is 0.240. The van der Waals surface area contributed by atoms with Gasteiger partial charge in [-0.3, -0.25) is 0 Å². The van der Waals surface area contributed by atoms with Gasteiger partial charge < -0.3 is 10.5 Å². The highest BCUT2D eigenvalue weighted by Crippen LogP contribution is 2.36. The van der Waals surface area contributed by atoms with Gasteiger partial charge in [0.05, 0.1) is 6.10 Å². The van der Waals surface area contributed by atoms with Gasteiger partial charge in [-0.05, 0) is 56.2 Å². The number of ether oxygens (including phenoxy) is 1. The maximum absolute atomic E-state index is 6.44. The molecule has 0 amide bonds. The van der Waals surface area contributed by atoms with Gasteiger partial charge in [-0.2, -0.15) is 0 Å². The van der Waals surface area contributed by atoms with E-state index in [1.54, 1.807) is 0 Å². The molecule has 3 atom stereocenters. The topological polar surface area (TPSA) is 35.2 Å². The van der Waals surface area contributed by atoms with Crippen molar-refractivity contribution in [1.82, 2.24) is 0 Å². The fourth-order valence-corrected chi connectivity index (χ4v) is 3.12. The van der Waals surface area contributed by atoms with E-state index in [1.807, 2.05) is 26.0 Å². The Hall–Kier alpha value is -1.02. The first kappa shape index (κ1) is 14.4. The third-order valence-corrected chi connectivity index (χ3v) is 4.12. The molecule has 1 aliphatic rings. The van der Waals surface area contributed by atoms with Crippen LogP contribution in [0.5, 0.6) is 5.75 Å². The van der Waals surface area contributed by atoms with Crippen LogP contribution in [0.3, 0.4) is 0 Å². The smallest absolute Gasteiger partial charge is 0.119 e. The number of hydrogen-bond acceptors (Lipinski definition) is 2. The number of rotatable bonds is 4. The van der Waals surface area contributed by atoms with Crippen LogP contribution in [0.2, 0.25) is 0 Å². The highest BCUT2D eigenvalue weighted by Gasteiger charge is 2.25. The van der Waals surface area contributed by atoms with E-state index in [4.69, 9.17) is 10.5 Å². The van der Waals surface area contributed by atoms with Crippen LogP contribution in [0.15, 0.2) is 24.3 Å². The molecule has 2 rings (SSSR count). The summed E-state index contributed by atoms with van der Waals surface area (Å²) in [6, 6.07) is 8.52. The van der Waals surface area contributed by atoms with E-state index in [9.17, 15) is 0 Å². The van der Waals surface area contributed by atoms with E-state index >= 15 is 0 Å². The molecule has 2 heteroatoms. The summed E-state index contributed by atoms with van der Waals surface area (Å²) in [5.74, 6) is 2.40. The van der Waals surface area contributed by atoms with Crippen molar-refractivity contribution in [2.45, 2.75) is 58.6 Å². The summed E-state index contributed by atoms with van der Waals surface area (Å²) in [4.78, 5) is 0. The molecule has 0 radical (unpaired) electrons. The van der Waals surface area contributed by atoms with Crippen LogP contribution in [-0.2, 0) is 0 Å². The molecule has 1 aromatic rings. The van der Waals surface area contributed by atoms with Crippen LogP contribution in [0.1, 0.15) is 58.1 Å². The Balaban J connectivity index is 2.00. The Bertz CT molecular complexity index is 385. The van der Waals surface area contributed by atoms with E-state index in [0.717, 1.165) is 11.7 Å². The zero-order valence-electron chi connectivity index (χ0n) is 12.4. The summed E-state index contributed by atoms with van der Waals surface area (Å²) in [6.07, 6.45) is 5.46. The lowest BCUT2D eigenvalue weighted by Gasteiger charge is -2.31. The standard InChI is InChI=1S/C17H27NO/c1-12(2)19-16-9-7-14(8-10-16)17(18)15-6-4-5-13(3)11-15/h7-10,12-13,15,17H,4-6,11,18H2,1-3H3. The van der Waals surface area contributed by atoms with Crippen molar-refractivity contribution in [2.24, 2.45) is 17.6 Å². The van der Waals surface area contributed by atoms with E-state index in [1.165, 1.54) is 31.2 Å². The molecular weight excluding hydrogens is 234 g/mol. The first-order valence-electron chi connectivity index (χ1n) is 7.58. The van der Waals surface area contributed by atoms with Gasteiger partial charge in [0.1, 0.15) is 5.75 Å². The molecule has 0 aliphatic heterocycles. The van der Waals surface area contributed by atoms with Gasteiger partial charge in [0.2, 0.25) is 0 Å². The van der Waals surface area contributed by atoms with Crippen molar-refractivity contribution in [3.8, 4) is 5.75 Å². The minimum Gasteiger partial charge on any atom is -0.491 e. The summed E-state index contributed by atoms with van der Waals surface area (Å²) in [5.41, 5.74) is 7.69. The van der Waals surface area contributed by atoms with Crippen molar-refractivity contribution in [3.05, 3.63) is 29.8 Å². The molecule has 0 spiro atoms. The maximum atomic E-state index is 6.44. The van der Waals surface area contributed by atoms with E-state index < -0.39 is 0 Å². The molecule has 1 fully saturated rings. The summed E-state index contributed by atoms with van der Waals surface area (Å²) in [6.45, 7) is 6.44. The quantitative estimate of drug-likeness (QED) is 0.877. The Kier molecular flexibility index (Phi) is 4.87. The van der Waals surface area contributed by atoms with Crippen molar-refractivity contribution >= 4 is 0 Å². The van der Waals surface area contributed by atoms with Gasteiger partial charge in [0, 0.05) is 6.04 Å². The molecular formula is C17H27NO. The Morgan fingerprint density at radius 3 is 2.42 bits per heavy atom. The summed E-state index contributed by atoms with van der Waals surface area (Å²) < 4.78 is 5.67. The summed E-state index contributed by atoms with van der Waals surface area (Å²) in [7, 11) is 0. The Morgan fingerprint density at radius 1 is 1.16 bits per heavy atom. The average Bonchev–Trinajstić information content (AvgIpc) is 2.38. The molecule has 19 heavy (non-hydrogen) atoms. The lowest BCUT2D eigenvalue weighted by Crippen LogP contribution is -2.26. The summed E-state index contributed by atoms with van der Waals surface area (Å²) >= 11 is 0. The molecule has 0 aromatic heterocycles. The SMILES string of the molecule is CC1CCCC(C(N)c2ccc(OC(C)C)cc2)C1. The second-order valence-corrected chi connectivity index (χ2v) is 6.29. The highest BCUT2D eigenvalue weighted by molar-refractivity contribution is 5.29. The van der Waals surface area contributed by atoms with Gasteiger partial charge in [-0.25, -0.2) is 0 Å². The lowest BCUT2D eigenvalue weighted by atomic mass is 9.77. The number of nitrogens with two attached hydrogens (primary N) is 1. The van der Waals surface area contributed by atoms with Crippen LogP contribution >= 0.6 is 0 Å². The van der Waals surface area contributed by atoms with E-state index in [-0.39, 0.29) is 12.1 Å². The molecule has 106 valence electrons. The minimum atomic E-state index is 0.177. The van der Waals surface area contributed by atoms with Gasteiger partial charge in [-0.1, -0.05) is 31.9 Å². The zero-order chi connectivity index (χ0) is 13.8. The molecule has 1 aromatic carbocycles.